The summed E-state index contributed by atoms with van der Waals surface area (Å²) in [5.74, 6) is -0.0610. The largest absolute Gasteiger partial charge is 0.362 e. The number of aryl methyl sites for hydroxylation is 1. The predicted molar refractivity (Wildman–Crippen MR) is 93.9 cm³/mol. The van der Waals surface area contributed by atoms with E-state index in [9.17, 15) is 4.79 Å². The van der Waals surface area contributed by atoms with Gasteiger partial charge in [0.2, 0.25) is 0 Å². The molecule has 1 aromatic heterocycles. The quantitative estimate of drug-likeness (QED) is 0.673. The van der Waals surface area contributed by atoms with Gasteiger partial charge in [0.25, 0.3) is 5.91 Å². The average molecular weight is 300 g/mol. The molecule has 0 unspecified atom stereocenters. The van der Waals surface area contributed by atoms with Crippen LogP contribution in [-0.4, -0.2) is 10.9 Å². The molecule has 4 rings (SSSR count). The molecule has 0 spiro atoms. The van der Waals surface area contributed by atoms with Crippen molar-refractivity contribution in [1.29, 1.82) is 0 Å². The van der Waals surface area contributed by atoms with Crippen molar-refractivity contribution >= 4 is 23.2 Å². The summed E-state index contributed by atoms with van der Waals surface area (Å²) in [6.45, 7) is 2.07. The van der Waals surface area contributed by atoms with Gasteiger partial charge in [-0.2, -0.15) is 0 Å². The van der Waals surface area contributed by atoms with E-state index in [2.05, 4.69) is 47.6 Å². The summed E-state index contributed by atoms with van der Waals surface area (Å²) in [6, 6.07) is 18.2. The molecule has 0 saturated heterocycles. The summed E-state index contributed by atoms with van der Waals surface area (Å²) in [4.78, 5) is 15.5. The van der Waals surface area contributed by atoms with Crippen molar-refractivity contribution in [2.24, 2.45) is 0 Å². The smallest absolute Gasteiger partial charge is 0.256 e. The van der Waals surface area contributed by atoms with Gasteiger partial charge in [0, 0.05) is 23.1 Å². The number of benzene rings is 2. The maximum absolute atomic E-state index is 12.4. The van der Waals surface area contributed by atoms with Gasteiger partial charge in [-0.05, 0) is 42.3 Å². The number of H-pyrrole nitrogens is 1. The van der Waals surface area contributed by atoms with Crippen LogP contribution in [0.5, 0.6) is 0 Å². The monoisotopic (exact) mass is 300 g/mol. The van der Waals surface area contributed by atoms with Crippen LogP contribution in [0.15, 0.2) is 60.8 Å². The number of aromatic nitrogens is 1. The van der Waals surface area contributed by atoms with Crippen LogP contribution >= 0.6 is 0 Å². The molecule has 112 valence electrons. The SMILES string of the molecule is Cc1ccc(-c2cccc3c2C(=Cc2ccc[nH]2)C(=O)N3)cc1. The van der Waals surface area contributed by atoms with Crippen molar-refractivity contribution in [2.45, 2.75) is 6.92 Å². The van der Waals surface area contributed by atoms with Crippen LogP contribution in [0.25, 0.3) is 22.8 Å². The maximum Gasteiger partial charge on any atom is 0.256 e. The molecule has 0 atom stereocenters. The zero-order valence-electron chi connectivity index (χ0n) is 12.8. The van der Waals surface area contributed by atoms with Gasteiger partial charge in [0.1, 0.15) is 0 Å². The van der Waals surface area contributed by atoms with Crippen LogP contribution in [0.4, 0.5) is 5.69 Å². The van der Waals surface area contributed by atoms with Crippen molar-refractivity contribution < 1.29 is 4.79 Å². The van der Waals surface area contributed by atoms with Gasteiger partial charge in [0.05, 0.1) is 5.57 Å². The first-order valence-electron chi connectivity index (χ1n) is 7.59. The van der Waals surface area contributed by atoms with Crippen molar-refractivity contribution in [3.8, 4) is 11.1 Å². The predicted octanol–water partition coefficient (Wildman–Crippen LogP) is 4.48. The highest BCUT2D eigenvalue weighted by molar-refractivity contribution is 6.36. The number of carbonyl (C=O) groups excluding carboxylic acids is 1. The molecule has 1 aliphatic heterocycles. The molecule has 23 heavy (non-hydrogen) atoms. The van der Waals surface area contributed by atoms with Gasteiger partial charge in [-0.15, -0.1) is 0 Å². The van der Waals surface area contributed by atoms with E-state index >= 15 is 0 Å². The van der Waals surface area contributed by atoms with Crippen molar-refractivity contribution in [3.63, 3.8) is 0 Å². The summed E-state index contributed by atoms with van der Waals surface area (Å²) in [6.07, 6.45) is 3.75. The van der Waals surface area contributed by atoms with E-state index in [0.717, 1.165) is 28.1 Å². The maximum atomic E-state index is 12.4. The van der Waals surface area contributed by atoms with Crippen molar-refractivity contribution in [2.75, 3.05) is 5.32 Å². The van der Waals surface area contributed by atoms with Gasteiger partial charge >= 0.3 is 0 Å². The van der Waals surface area contributed by atoms with E-state index in [4.69, 9.17) is 0 Å². The van der Waals surface area contributed by atoms with Crippen molar-refractivity contribution in [3.05, 3.63) is 77.6 Å². The van der Waals surface area contributed by atoms with E-state index < -0.39 is 0 Å². The molecule has 0 saturated carbocycles. The topological polar surface area (TPSA) is 44.9 Å². The summed E-state index contributed by atoms with van der Waals surface area (Å²) < 4.78 is 0. The number of nitrogens with one attached hydrogen (secondary N) is 2. The molecule has 2 heterocycles. The Bertz CT molecular complexity index is 903. The summed E-state index contributed by atoms with van der Waals surface area (Å²) >= 11 is 0. The summed E-state index contributed by atoms with van der Waals surface area (Å²) in [7, 11) is 0. The Morgan fingerprint density at radius 1 is 0.957 bits per heavy atom. The molecular weight excluding hydrogens is 284 g/mol. The Kier molecular flexibility index (Phi) is 3.12. The molecule has 0 radical (unpaired) electrons. The number of aromatic amines is 1. The highest BCUT2D eigenvalue weighted by atomic mass is 16.2. The van der Waals surface area contributed by atoms with Crippen LogP contribution < -0.4 is 5.32 Å². The van der Waals surface area contributed by atoms with Crippen LogP contribution in [0.1, 0.15) is 16.8 Å². The molecule has 1 aliphatic rings. The number of rotatable bonds is 2. The Balaban J connectivity index is 1.91. The first-order valence-corrected chi connectivity index (χ1v) is 7.59. The third-order valence-corrected chi connectivity index (χ3v) is 4.11. The molecule has 3 nitrogen and oxygen atoms in total. The number of amides is 1. The zero-order valence-corrected chi connectivity index (χ0v) is 12.8. The summed E-state index contributed by atoms with van der Waals surface area (Å²) in [5, 5.41) is 2.96. The van der Waals surface area contributed by atoms with E-state index in [1.165, 1.54) is 5.56 Å². The summed E-state index contributed by atoms with van der Waals surface area (Å²) in [5.41, 5.74) is 6.85. The minimum Gasteiger partial charge on any atom is -0.362 e. The number of carbonyl (C=O) groups is 1. The first-order chi connectivity index (χ1) is 11.2. The van der Waals surface area contributed by atoms with Gasteiger partial charge in [0.15, 0.2) is 0 Å². The minimum absolute atomic E-state index is 0.0610. The third-order valence-electron chi connectivity index (χ3n) is 4.11. The van der Waals surface area contributed by atoms with E-state index in [1.54, 1.807) is 0 Å². The lowest BCUT2D eigenvalue weighted by Crippen LogP contribution is -2.03. The van der Waals surface area contributed by atoms with Gasteiger partial charge in [-0.1, -0.05) is 42.0 Å². The molecule has 1 amide bonds. The van der Waals surface area contributed by atoms with Gasteiger partial charge in [-0.25, -0.2) is 0 Å². The molecule has 3 aromatic rings. The standard InChI is InChI=1S/C20H16N2O/c1-13-7-9-14(10-8-13)16-5-2-6-18-19(16)17(20(23)22-18)12-15-4-3-11-21-15/h2-12,21H,1H3,(H,22,23). The lowest BCUT2D eigenvalue weighted by molar-refractivity contribution is -0.110. The van der Waals surface area contributed by atoms with Gasteiger partial charge < -0.3 is 10.3 Å². The van der Waals surface area contributed by atoms with E-state index in [-0.39, 0.29) is 5.91 Å². The molecule has 0 fully saturated rings. The Morgan fingerprint density at radius 2 is 1.78 bits per heavy atom. The second kappa shape index (κ2) is 5.29. The molecule has 3 heteroatoms. The average Bonchev–Trinajstić information content (AvgIpc) is 3.17. The van der Waals surface area contributed by atoms with Gasteiger partial charge in [-0.3, -0.25) is 4.79 Å². The normalized spacial score (nSPS) is 14.8. The molecule has 2 aromatic carbocycles. The first kappa shape index (κ1) is 13.6. The number of hydrogen-bond donors (Lipinski definition) is 2. The molecule has 0 bridgehead atoms. The number of hydrogen-bond acceptors (Lipinski definition) is 1. The lowest BCUT2D eigenvalue weighted by Gasteiger charge is -2.09. The fraction of sp³-hybridized carbons (Fsp3) is 0.0500. The molecule has 2 N–H and O–H groups in total. The zero-order chi connectivity index (χ0) is 15.8. The molecule has 0 aliphatic carbocycles. The number of anilines is 1. The third kappa shape index (κ3) is 2.36. The lowest BCUT2D eigenvalue weighted by atomic mass is 9.94. The van der Waals surface area contributed by atoms with Crippen molar-refractivity contribution in [1.82, 2.24) is 4.98 Å². The van der Waals surface area contributed by atoms with E-state index in [1.807, 2.05) is 36.5 Å². The van der Waals surface area contributed by atoms with Crippen LogP contribution in [0.3, 0.4) is 0 Å². The number of fused-ring (bicyclic) bond motifs is 1. The van der Waals surface area contributed by atoms with Crippen LogP contribution in [0.2, 0.25) is 0 Å². The van der Waals surface area contributed by atoms with Crippen LogP contribution in [-0.2, 0) is 4.79 Å². The van der Waals surface area contributed by atoms with E-state index in [0.29, 0.717) is 5.57 Å². The molecular formula is C20H16N2O. The highest BCUT2D eigenvalue weighted by Gasteiger charge is 2.27. The second-order valence-corrected chi connectivity index (χ2v) is 5.73. The minimum atomic E-state index is -0.0610. The Morgan fingerprint density at radius 3 is 2.52 bits per heavy atom. The van der Waals surface area contributed by atoms with Crippen LogP contribution in [0, 0.1) is 6.92 Å². The Hall–Kier alpha value is -3.07. The fourth-order valence-corrected chi connectivity index (χ4v) is 2.95. The highest BCUT2D eigenvalue weighted by Crippen LogP contribution is 2.40. The second-order valence-electron chi connectivity index (χ2n) is 5.73. The fourth-order valence-electron chi connectivity index (χ4n) is 2.95. The Labute approximate surface area is 134 Å².